The summed E-state index contributed by atoms with van der Waals surface area (Å²) >= 11 is 0. The SMILES string of the molecule is C=CCC(N)C(=O)Nc1cc(C(N)=O)c(F)cc1F. The Hall–Kier alpha value is -2.28. The van der Waals surface area contributed by atoms with Crippen molar-refractivity contribution in [3.05, 3.63) is 42.0 Å². The average Bonchev–Trinajstić information content (AvgIpc) is 2.32. The molecule has 5 N–H and O–H groups in total. The molecule has 1 aromatic rings. The van der Waals surface area contributed by atoms with Crippen molar-refractivity contribution in [3.8, 4) is 0 Å². The summed E-state index contributed by atoms with van der Waals surface area (Å²) in [6.07, 6.45) is 1.62. The summed E-state index contributed by atoms with van der Waals surface area (Å²) in [5.74, 6) is -3.87. The summed E-state index contributed by atoms with van der Waals surface area (Å²) in [7, 11) is 0. The third-order valence-corrected chi connectivity index (χ3v) is 2.34. The molecule has 0 spiro atoms. The van der Waals surface area contributed by atoms with Crippen LogP contribution in [0.2, 0.25) is 0 Å². The Bertz CT molecular complexity index is 532. The molecule has 0 fully saturated rings. The van der Waals surface area contributed by atoms with Crippen LogP contribution in [-0.4, -0.2) is 17.9 Å². The molecule has 1 unspecified atom stereocenters. The zero-order chi connectivity index (χ0) is 14.6. The molecule has 5 nitrogen and oxygen atoms in total. The van der Waals surface area contributed by atoms with Crippen LogP contribution < -0.4 is 16.8 Å². The summed E-state index contributed by atoms with van der Waals surface area (Å²) in [5.41, 5.74) is 9.52. The van der Waals surface area contributed by atoms with Gasteiger partial charge in [0.2, 0.25) is 5.91 Å². The van der Waals surface area contributed by atoms with Gasteiger partial charge in [-0.2, -0.15) is 0 Å². The van der Waals surface area contributed by atoms with Crippen LogP contribution in [0.15, 0.2) is 24.8 Å². The van der Waals surface area contributed by atoms with Gasteiger partial charge in [-0.25, -0.2) is 8.78 Å². The Balaban J connectivity index is 3.01. The Kier molecular flexibility index (Phi) is 4.71. The van der Waals surface area contributed by atoms with E-state index >= 15 is 0 Å². The van der Waals surface area contributed by atoms with Gasteiger partial charge in [0, 0.05) is 6.07 Å². The van der Waals surface area contributed by atoms with Crippen molar-refractivity contribution in [1.29, 1.82) is 0 Å². The van der Waals surface area contributed by atoms with E-state index in [1.165, 1.54) is 6.08 Å². The number of nitrogens with two attached hydrogens (primary N) is 2. The van der Waals surface area contributed by atoms with Crippen LogP contribution in [0, 0.1) is 11.6 Å². The topological polar surface area (TPSA) is 98.2 Å². The van der Waals surface area contributed by atoms with Gasteiger partial charge in [0.25, 0.3) is 5.91 Å². The molecule has 0 bridgehead atoms. The second-order valence-corrected chi connectivity index (χ2v) is 3.80. The summed E-state index contributed by atoms with van der Waals surface area (Å²) in [6.45, 7) is 3.41. The highest BCUT2D eigenvalue weighted by molar-refractivity contribution is 5.98. The molecular formula is C12H13F2N3O2. The number of nitrogens with one attached hydrogen (secondary N) is 1. The van der Waals surface area contributed by atoms with Gasteiger partial charge in [-0.15, -0.1) is 6.58 Å². The number of hydrogen-bond acceptors (Lipinski definition) is 3. The van der Waals surface area contributed by atoms with Crippen molar-refractivity contribution in [1.82, 2.24) is 0 Å². The molecule has 1 aromatic carbocycles. The smallest absolute Gasteiger partial charge is 0.251 e. The largest absolute Gasteiger partial charge is 0.366 e. The molecule has 102 valence electrons. The van der Waals surface area contributed by atoms with Gasteiger partial charge < -0.3 is 16.8 Å². The lowest BCUT2D eigenvalue weighted by Gasteiger charge is -2.12. The second-order valence-electron chi connectivity index (χ2n) is 3.80. The van der Waals surface area contributed by atoms with E-state index in [-0.39, 0.29) is 12.1 Å². The number of primary amides is 1. The number of carbonyl (C=O) groups is 2. The van der Waals surface area contributed by atoms with Gasteiger partial charge in [0.15, 0.2) is 0 Å². The van der Waals surface area contributed by atoms with Crippen LogP contribution in [-0.2, 0) is 4.79 Å². The van der Waals surface area contributed by atoms with Crippen LogP contribution in [0.4, 0.5) is 14.5 Å². The standard InChI is InChI=1S/C12H13F2N3O2/c1-2-3-9(15)12(19)17-10-4-6(11(16)18)7(13)5-8(10)14/h2,4-5,9H,1,3,15H2,(H2,16,18)(H,17,19). The van der Waals surface area contributed by atoms with Crippen LogP contribution in [0.3, 0.4) is 0 Å². The number of hydrogen-bond donors (Lipinski definition) is 3. The van der Waals surface area contributed by atoms with Crippen molar-refractivity contribution in [2.75, 3.05) is 5.32 Å². The molecule has 0 radical (unpaired) electrons. The van der Waals surface area contributed by atoms with Crippen LogP contribution >= 0.6 is 0 Å². The van der Waals surface area contributed by atoms with E-state index in [1.54, 1.807) is 0 Å². The molecule has 7 heteroatoms. The Morgan fingerprint density at radius 1 is 1.37 bits per heavy atom. The zero-order valence-electron chi connectivity index (χ0n) is 9.95. The monoisotopic (exact) mass is 269 g/mol. The van der Waals surface area contributed by atoms with E-state index in [4.69, 9.17) is 11.5 Å². The molecule has 0 aromatic heterocycles. The van der Waals surface area contributed by atoms with E-state index in [0.717, 1.165) is 6.07 Å². The van der Waals surface area contributed by atoms with Gasteiger partial charge in [0.1, 0.15) is 11.6 Å². The normalized spacial score (nSPS) is 11.7. The first-order chi connectivity index (χ1) is 8.86. The third kappa shape index (κ3) is 3.59. The van der Waals surface area contributed by atoms with Crippen molar-refractivity contribution in [2.45, 2.75) is 12.5 Å². The molecule has 1 atom stereocenters. The van der Waals surface area contributed by atoms with E-state index in [1.807, 2.05) is 0 Å². The summed E-state index contributed by atoms with van der Waals surface area (Å²) in [6, 6.07) is 0.374. The summed E-state index contributed by atoms with van der Waals surface area (Å²) in [4.78, 5) is 22.5. The molecule has 19 heavy (non-hydrogen) atoms. The fraction of sp³-hybridized carbons (Fsp3) is 0.167. The zero-order valence-corrected chi connectivity index (χ0v) is 9.95. The Labute approximate surface area is 108 Å². The number of anilines is 1. The first-order valence-corrected chi connectivity index (χ1v) is 5.33. The molecular weight excluding hydrogens is 256 g/mol. The molecule has 0 aliphatic carbocycles. The first kappa shape index (κ1) is 14.8. The predicted octanol–water partition coefficient (Wildman–Crippen LogP) is 0.906. The van der Waals surface area contributed by atoms with Gasteiger partial charge in [-0.1, -0.05) is 6.08 Å². The van der Waals surface area contributed by atoms with Crippen LogP contribution in [0.1, 0.15) is 16.8 Å². The Morgan fingerprint density at radius 3 is 2.53 bits per heavy atom. The minimum atomic E-state index is -1.10. The maximum absolute atomic E-state index is 13.4. The van der Waals surface area contributed by atoms with Crippen molar-refractivity contribution in [3.63, 3.8) is 0 Å². The number of rotatable bonds is 5. The van der Waals surface area contributed by atoms with E-state index in [2.05, 4.69) is 11.9 Å². The minimum absolute atomic E-state index is 0.192. The molecule has 0 saturated heterocycles. The van der Waals surface area contributed by atoms with Crippen molar-refractivity contribution < 1.29 is 18.4 Å². The number of carbonyl (C=O) groups excluding carboxylic acids is 2. The van der Waals surface area contributed by atoms with Crippen LogP contribution in [0.25, 0.3) is 0 Å². The number of benzene rings is 1. The highest BCUT2D eigenvalue weighted by Gasteiger charge is 2.18. The second kappa shape index (κ2) is 6.05. The molecule has 0 aliphatic heterocycles. The first-order valence-electron chi connectivity index (χ1n) is 5.33. The highest BCUT2D eigenvalue weighted by atomic mass is 19.1. The van der Waals surface area contributed by atoms with Gasteiger partial charge >= 0.3 is 0 Å². The van der Waals surface area contributed by atoms with Crippen LogP contribution in [0.5, 0.6) is 0 Å². The molecule has 2 amide bonds. The quantitative estimate of drug-likeness (QED) is 0.693. The lowest BCUT2D eigenvalue weighted by atomic mass is 10.1. The van der Waals surface area contributed by atoms with Crippen molar-refractivity contribution >= 4 is 17.5 Å². The highest BCUT2D eigenvalue weighted by Crippen LogP contribution is 2.19. The maximum Gasteiger partial charge on any atom is 0.251 e. The summed E-state index contributed by atoms with van der Waals surface area (Å²) in [5, 5.41) is 2.16. The molecule has 0 aliphatic rings. The fourth-order valence-corrected chi connectivity index (χ4v) is 1.35. The lowest BCUT2D eigenvalue weighted by Crippen LogP contribution is -2.35. The fourth-order valence-electron chi connectivity index (χ4n) is 1.35. The summed E-state index contributed by atoms with van der Waals surface area (Å²) < 4.78 is 26.6. The van der Waals surface area contributed by atoms with E-state index in [9.17, 15) is 18.4 Å². The number of halogens is 2. The van der Waals surface area contributed by atoms with Gasteiger partial charge in [0.05, 0.1) is 17.3 Å². The van der Waals surface area contributed by atoms with Gasteiger partial charge in [-0.3, -0.25) is 9.59 Å². The number of amides is 2. The minimum Gasteiger partial charge on any atom is -0.366 e. The molecule has 0 saturated carbocycles. The molecule has 0 heterocycles. The van der Waals surface area contributed by atoms with E-state index in [0.29, 0.717) is 6.07 Å². The van der Waals surface area contributed by atoms with Crippen molar-refractivity contribution in [2.24, 2.45) is 11.5 Å². The predicted molar refractivity (Wildman–Crippen MR) is 66.3 cm³/mol. The molecule has 1 rings (SSSR count). The van der Waals surface area contributed by atoms with E-state index < -0.39 is 35.1 Å². The van der Waals surface area contributed by atoms with Gasteiger partial charge in [-0.05, 0) is 12.5 Å². The maximum atomic E-state index is 13.4. The lowest BCUT2D eigenvalue weighted by molar-refractivity contribution is -0.117. The average molecular weight is 269 g/mol. The Morgan fingerprint density at radius 2 is 2.00 bits per heavy atom. The third-order valence-electron chi connectivity index (χ3n) is 2.34.